The lowest BCUT2D eigenvalue weighted by Gasteiger charge is -2.16. The highest BCUT2D eigenvalue weighted by Crippen LogP contribution is 2.24. The number of allylic oxidation sites excluding steroid dienone is 3. The van der Waals surface area contributed by atoms with E-state index in [1.807, 2.05) is 13.8 Å². The van der Waals surface area contributed by atoms with Crippen LogP contribution in [0.25, 0.3) is 0 Å². The summed E-state index contributed by atoms with van der Waals surface area (Å²) in [6.45, 7) is 7.75. The number of hydrogen-bond donors (Lipinski definition) is 0. The summed E-state index contributed by atoms with van der Waals surface area (Å²) in [7, 11) is 0. The molecule has 60 valence electrons. The smallest absolute Gasteiger partial charge is 0.158 e. The summed E-state index contributed by atoms with van der Waals surface area (Å²) in [5.41, 5.74) is 2.17. The second-order valence-corrected chi connectivity index (χ2v) is 3.29. The predicted octanol–water partition coefficient (Wildman–Crippen LogP) is 2.49. The molecule has 1 rings (SSSR count). The molecule has 0 aromatic heterocycles. The number of carbonyl (C=O) groups excluding carboxylic acids is 1. The van der Waals surface area contributed by atoms with Crippen molar-refractivity contribution in [2.24, 2.45) is 5.92 Å². The fourth-order valence-corrected chi connectivity index (χ4v) is 1.24. The standard InChI is InChI=1S/C10H14O/c1-7(2)9-5-4-8(3)10(11)6-9/h6,8H,1,4-5H2,2-3H3. The minimum absolute atomic E-state index is 0.220. The van der Waals surface area contributed by atoms with Gasteiger partial charge in [0.25, 0.3) is 0 Å². The Bertz CT molecular complexity index is 223. The van der Waals surface area contributed by atoms with E-state index in [0.717, 1.165) is 24.0 Å². The molecule has 1 unspecified atom stereocenters. The van der Waals surface area contributed by atoms with Gasteiger partial charge in [-0.15, -0.1) is 0 Å². The molecule has 0 aliphatic heterocycles. The van der Waals surface area contributed by atoms with Crippen LogP contribution in [0.15, 0.2) is 23.8 Å². The van der Waals surface area contributed by atoms with Crippen molar-refractivity contribution in [2.45, 2.75) is 26.7 Å². The van der Waals surface area contributed by atoms with Crippen LogP contribution in [0.1, 0.15) is 26.7 Å². The van der Waals surface area contributed by atoms with Crippen molar-refractivity contribution in [3.05, 3.63) is 23.8 Å². The molecule has 1 atom stereocenters. The zero-order valence-corrected chi connectivity index (χ0v) is 7.18. The molecule has 1 aliphatic carbocycles. The van der Waals surface area contributed by atoms with Gasteiger partial charge >= 0.3 is 0 Å². The third-order valence-electron chi connectivity index (χ3n) is 2.20. The molecule has 0 fully saturated rings. The number of ketones is 1. The maximum atomic E-state index is 11.2. The van der Waals surface area contributed by atoms with Gasteiger partial charge in [-0.25, -0.2) is 0 Å². The minimum Gasteiger partial charge on any atom is -0.295 e. The number of hydrogen-bond acceptors (Lipinski definition) is 1. The maximum absolute atomic E-state index is 11.2. The molecule has 11 heavy (non-hydrogen) atoms. The van der Waals surface area contributed by atoms with Crippen LogP contribution in [0.2, 0.25) is 0 Å². The van der Waals surface area contributed by atoms with Crippen LogP contribution in [-0.4, -0.2) is 5.78 Å². The molecule has 0 saturated carbocycles. The minimum atomic E-state index is 0.220. The van der Waals surface area contributed by atoms with Gasteiger partial charge in [0.05, 0.1) is 0 Å². The van der Waals surface area contributed by atoms with Crippen molar-refractivity contribution in [1.29, 1.82) is 0 Å². The molecule has 0 aromatic carbocycles. The second-order valence-electron chi connectivity index (χ2n) is 3.29. The monoisotopic (exact) mass is 150 g/mol. The maximum Gasteiger partial charge on any atom is 0.158 e. The van der Waals surface area contributed by atoms with Gasteiger partial charge in [0.2, 0.25) is 0 Å². The van der Waals surface area contributed by atoms with E-state index >= 15 is 0 Å². The van der Waals surface area contributed by atoms with Crippen molar-refractivity contribution in [3.63, 3.8) is 0 Å². The molecule has 0 saturated heterocycles. The van der Waals surface area contributed by atoms with Gasteiger partial charge in [0.1, 0.15) is 0 Å². The van der Waals surface area contributed by atoms with Crippen LogP contribution in [0.3, 0.4) is 0 Å². The molecule has 0 aromatic rings. The first-order chi connectivity index (χ1) is 5.11. The highest BCUT2D eigenvalue weighted by molar-refractivity contribution is 5.93. The molecule has 1 aliphatic rings. The highest BCUT2D eigenvalue weighted by Gasteiger charge is 2.17. The molecule has 0 spiro atoms. The van der Waals surface area contributed by atoms with E-state index in [1.54, 1.807) is 6.08 Å². The van der Waals surface area contributed by atoms with Crippen molar-refractivity contribution in [1.82, 2.24) is 0 Å². The Morgan fingerprint density at radius 3 is 2.82 bits per heavy atom. The Balaban J connectivity index is 2.79. The molecule has 0 bridgehead atoms. The van der Waals surface area contributed by atoms with Crippen molar-refractivity contribution in [3.8, 4) is 0 Å². The highest BCUT2D eigenvalue weighted by atomic mass is 16.1. The van der Waals surface area contributed by atoms with Gasteiger partial charge < -0.3 is 0 Å². The summed E-state index contributed by atoms with van der Waals surface area (Å²) in [5, 5.41) is 0. The van der Waals surface area contributed by atoms with Gasteiger partial charge in [-0.3, -0.25) is 4.79 Å². The average Bonchev–Trinajstić information content (AvgIpc) is 1.94. The molecule has 0 heterocycles. The lowest BCUT2D eigenvalue weighted by atomic mass is 9.87. The number of carbonyl (C=O) groups is 1. The van der Waals surface area contributed by atoms with Gasteiger partial charge in [0.15, 0.2) is 5.78 Å². The fraction of sp³-hybridized carbons (Fsp3) is 0.500. The lowest BCUT2D eigenvalue weighted by Crippen LogP contribution is -2.14. The Kier molecular flexibility index (Phi) is 2.28. The molecule has 1 nitrogen and oxygen atoms in total. The zero-order chi connectivity index (χ0) is 8.43. The first kappa shape index (κ1) is 8.25. The van der Waals surface area contributed by atoms with Crippen molar-refractivity contribution >= 4 is 5.78 Å². The van der Waals surface area contributed by atoms with Gasteiger partial charge in [-0.1, -0.05) is 19.1 Å². The molecular formula is C10H14O. The van der Waals surface area contributed by atoms with E-state index in [2.05, 4.69) is 6.58 Å². The van der Waals surface area contributed by atoms with E-state index in [0.29, 0.717) is 0 Å². The van der Waals surface area contributed by atoms with Crippen molar-refractivity contribution in [2.75, 3.05) is 0 Å². The lowest BCUT2D eigenvalue weighted by molar-refractivity contribution is -0.118. The summed E-state index contributed by atoms with van der Waals surface area (Å²) in [5.74, 6) is 0.479. The first-order valence-corrected chi connectivity index (χ1v) is 4.01. The first-order valence-electron chi connectivity index (χ1n) is 4.01. The molecule has 1 heteroatoms. The topological polar surface area (TPSA) is 17.1 Å². The van der Waals surface area contributed by atoms with Crippen LogP contribution >= 0.6 is 0 Å². The quantitative estimate of drug-likeness (QED) is 0.561. The fourth-order valence-electron chi connectivity index (χ4n) is 1.24. The molecular weight excluding hydrogens is 136 g/mol. The number of rotatable bonds is 1. The Hall–Kier alpha value is -0.850. The molecule has 0 N–H and O–H groups in total. The van der Waals surface area contributed by atoms with E-state index < -0.39 is 0 Å². The van der Waals surface area contributed by atoms with Gasteiger partial charge in [0, 0.05) is 5.92 Å². The predicted molar refractivity (Wildman–Crippen MR) is 46.3 cm³/mol. The van der Waals surface area contributed by atoms with Crippen LogP contribution < -0.4 is 0 Å². The Labute approximate surface area is 67.8 Å². The summed E-state index contributed by atoms with van der Waals surface area (Å²) in [4.78, 5) is 11.2. The summed E-state index contributed by atoms with van der Waals surface area (Å²) in [6, 6.07) is 0. The normalized spacial score (nSPS) is 24.7. The van der Waals surface area contributed by atoms with Crippen LogP contribution in [-0.2, 0) is 4.79 Å². The van der Waals surface area contributed by atoms with E-state index in [4.69, 9.17) is 0 Å². The Morgan fingerprint density at radius 1 is 1.73 bits per heavy atom. The van der Waals surface area contributed by atoms with Crippen LogP contribution in [0.4, 0.5) is 0 Å². The van der Waals surface area contributed by atoms with Crippen LogP contribution in [0.5, 0.6) is 0 Å². The van der Waals surface area contributed by atoms with E-state index in [9.17, 15) is 4.79 Å². The average molecular weight is 150 g/mol. The summed E-state index contributed by atoms with van der Waals surface area (Å²) < 4.78 is 0. The third-order valence-corrected chi connectivity index (χ3v) is 2.20. The third kappa shape index (κ3) is 1.79. The van der Waals surface area contributed by atoms with E-state index in [-0.39, 0.29) is 11.7 Å². The van der Waals surface area contributed by atoms with Crippen LogP contribution in [0, 0.1) is 5.92 Å². The summed E-state index contributed by atoms with van der Waals surface area (Å²) in [6.07, 6.45) is 3.75. The largest absolute Gasteiger partial charge is 0.295 e. The van der Waals surface area contributed by atoms with Crippen molar-refractivity contribution < 1.29 is 4.79 Å². The van der Waals surface area contributed by atoms with E-state index in [1.165, 1.54) is 0 Å². The molecule has 0 radical (unpaired) electrons. The zero-order valence-electron chi connectivity index (χ0n) is 7.18. The Morgan fingerprint density at radius 2 is 2.36 bits per heavy atom. The SMILES string of the molecule is C=C(C)C1=CC(=O)C(C)CC1. The molecule has 0 amide bonds. The second kappa shape index (κ2) is 3.04. The van der Waals surface area contributed by atoms with Gasteiger partial charge in [-0.2, -0.15) is 0 Å². The van der Waals surface area contributed by atoms with Gasteiger partial charge in [-0.05, 0) is 31.4 Å². The summed E-state index contributed by atoms with van der Waals surface area (Å²) >= 11 is 0.